The van der Waals surface area contributed by atoms with Gasteiger partial charge in [-0.3, -0.25) is 0 Å². The van der Waals surface area contributed by atoms with E-state index in [2.05, 4.69) is 39.1 Å². The Morgan fingerprint density at radius 3 is 2.63 bits per heavy atom. The SMILES string of the molecule is COc1cccc(COCC(C)(C)CNC(C)C)c1. The average molecular weight is 265 g/mol. The first kappa shape index (κ1) is 16.0. The smallest absolute Gasteiger partial charge is 0.119 e. The predicted molar refractivity (Wildman–Crippen MR) is 79.6 cm³/mol. The van der Waals surface area contributed by atoms with Crippen LogP contribution in [-0.4, -0.2) is 26.3 Å². The van der Waals surface area contributed by atoms with Crippen LogP contribution in [0.2, 0.25) is 0 Å². The third kappa shape index (κ3) is 6.60. The molecule has 0 radical (unpaired) electrons. The molecule has 1 aromatic rings. The lowest BCUT2D eigenvalue weighted by molar-refractivity contribution is 0.0503. The fourth-order valence-electron chi connectivity index (χ4n) is 1.74. The lowest BCUT2D eigenvalue weighted by Crippen LogP contribution is -2.36. The molecule has 0 aliphatic rings. The van der Waals surface area contributed by atoms with Crippen LogP contribution in [0.3, 0.4) is 0 Å². The monoisotopic (exact) mass is 265 g/mol. The van der Waals surface area contributed by atoms with Crippen LogP contribution in [0.5, 0.6) is 5.75 Å². The number of hydrogen-bond acceptors (Lipinski definition) is 3. The maximum atomic E-state index is 5.82. The molecule has 1 aromatic carbocycles. The summed E-state index contributed by atoms with van der Waals surface area (Å²) in [5.74, 6) is 0.877. The molecule has 108 valence electrons. The maximum Gasteiger partial charge on any atom is 0.119 e. The van der Waals surface area contributed by atoms with Crippen molar-refractivity contribution in [3.8, 4) is 5.75 Å². The quantitative estimate of drug-likeness (QED) is 0.782. The molecular weight excluding hydrogens is 238 g/mol. The second-order valence-electron chi connectivity index (χ2n) is 6.04. The van der Waals surface area contributed by atoms with E-state index in [4.69, 9.17) is 9.47 Å². The average Bonchev–Trinajstić information content (AvgIpc) is 2.37. The number of rotatable bonds is 8. The minimum atomic E-state index is 0.142. The van der Waals surface area contributed by atoms with Crippen molar-refractivity contribution in [3.63, 3.8) is 0 Å². The molecule has 0 bridgehead atoms. The first-order valence-corrected chi connectivity index (χ1v) is 6.87. The van der Waals surface area contributed by atoms with Gasteiger partial charge in [-0.25, -0.2) is 0 Å². The predicted octanol–water partition coefficient (Wildman–Crippen LogP) is 3.24. The standard InChI is InChI=1S/C16H27NO2/c1-13(2)17-11-16(3,4)12-19-10-14-7-6-8-15(9-14)18-5/h6-9,13,17H,10-12H2,1-5H3. The summed E-state index contributed by atoms with van der Waals surface area (Å²) in [4.78, 5) is 0. The first-order chi connectivity index (χ1) is 8.93. The van der Waals surface area contributed by atoms with Crippen molar-refractivity contribution in [1.82, 2.24) is 5.32 Å². The van der Waals surface area contributed by atoms with Crippen molar-refractivity contribution >= 4 is 0 Å². The number of methoxy groups -OCH3 is 1. The highest BCUT2D eigenvalue weighted by atomic mass is 16.5. The Bertz CT molecular complexity index is 375. The number of nitrogens with one attached hydrogen (secondary N) is 1. The number of hydrogen-bond donors (Lipinski definition) is 1. The lowest BCUT2D eigenvalue weighted by Gasteiger charge is -2.26. The van der Waals surface area contributed by atoms with Crippen LogP contribution >= 0.6 is 0 Å². The van der Waals surface area contributed by atoms with Gasteiger partial charge in [0.2, 0.25) is 0 Å². The van der Waals surface area contributed by atoms with Gasteiger partial charge in [-0.1, -0.05) is 39.8 Å². The molecule has 3 nitrogen and oxygen atoms in total. The van der Waals surface area contributed by atoms with Crippen LogP contribution in [0.15, 0.2) is 24.3 Å². The molecule has 3 heteroatoms. The molecule has 0 atom stereocenters. The van der Waals surface area contributed by atoms with Gasteiger partial charge in [0.05, 0.1) is 20.3 Å². The summed E-state index contributed by atoms with van der Waals surface area (Å²) < 4.78 is 11.0. The van der Waals surface area contributed by atoms with Crippen molar-refractivity contribution in [2.75, 3.05) is 20.3 Å². The van der Waals surface area contributed by atoms with Gasteiger partial charge >= 0.3 is 0 Å². The first-order valence-electron chi connectivity index (χ1n) is 6.87. The molecule has 1 N–H and O–H groups in total. The van der Waals surface area contributed by atoms with E-state index in [0.29, 0.717) is 12.6 Å². The molecular formula is C16H27NO2. The van der Waals surface area contributed by atoms with Gasteiger partial charge in [0.25, 0.3) is 0 Å². The van der Waals surface area contributed by atoms with Crippen molar-refractivity contribution in [1.29, 1.82) is 0 Å². The van der Waals surface area contributed by atoms with Crippen LogP contribution in [-0.2, 0) is 11.3 Å². The number of ether oxygens (including phenoxy) is 2. The minimum absolute atomic E-state index is 0.142. The summed E-state index contributed by atoms with van der Waals surface area (Å²) in [5, 5.41) is 3.45. The van der Waals surface area contributed by atoms with Gasteiger partial charge in [0.15, 0.2) is 0 Å². The summed E-state index contributed by atoms with van der Waals surface area (Å²) in [5.41, 5.74) is 1.29. The van der Waals surface area contributed by atoms with Crippen LogP contribution < -0.4 is 10.1 Å². The Hall–Kier alpha value is -1.06. The Morgan fingerprint density at radius 2 is 2.00 bits per heavy atom. The Kier molecular flexibility index (Phi) is 6.32. The van der Waals surface area contributed by atoms with Gasteiger partial charge in [-0.2, -0.15) is 0 Å². The topological polar surface area (TPSA) is 30.5 Å². The van der Waals surface area contributed by atoms with Crippen molar-refractivity contribution < 1.29 is 9.47 Å². The molecule has 0 spiro atoms. The Labute approximate surface area is 117 Å². The van der Waals surface area contributed by atoms with Gasteiger partial charge in [0, 0.05) is 18.0 Å². The summed E-state index contributed by atoms with van der Waals surface area (Å²) in [7, 11) is 1.68. The normalized spacial score (nSPS) is 11.9. The summed E-state index contributed by atoms with van der Waals surface area (Å²) >= 11 is 0. The Morgan fingerprint density at radius 1 is 1.26 bits per heavy atom. The second-order valence-corrected chi connectivity index (χ2v) is 6.04. The molecule has 19 heavy (non-hydrogen) atoms. The summed E-state index contributed by atoms with van der Waals surface area (Å²) in [6.07, 6.45) is 0. The highest BCUT2D eigenvalue weighted by Gasteiger charge is 2.18. The van der Waals surface area contributed by atoms with Crippen molar-refractivity contribution in [2.24, 2.45) is 5.41 Å². The summed E-state index contributed by atoms with van der Waals surface area (Å²) in [6.45, 7) is 11.1. The van der Waals surface area contributed by atoms with Crippen molar-refractivity contribution in [2.45, 2.75) is 40.3 Å². The van der Waals surface area contributed by atoms with E-state index in [1.807, 2.05) is 18.2 Å². The fourth-order valence-corrected chi connectivity index (χ4v) is 1.74. The molecule has 0 aliphatic carbocycles. The van der Waals surface area contributed by atoms with E-state index in [1.165, 1.54) is 0 Å². The van der Waals surface area contributed by atoms with Crippen LogP contribution in [0, 0.1) is 5.41 Å². The van der Waals surface area contributed by atoms with Gasteiger partial charge < -0.3 is 14.8 Å². The lowest BCUT2D eigenvalue weighted by atomic mass is 9.94. The molecule has 0 fully saturated rings. The number of benzene rings is 1. The molecule has 0 saturated heterocycles. The molecule has 0 aromatic heterocycles. The summed E-state index contributed by atoms with van der Waals surface area (Å²) in [6, 6.07) is 8.52. The van der Waals surface area contributed by atoms with E-state index in [-0.39, 0.29) is 5.41 Å². The van der Waals surface area contributed by atoms with E-state index >= 15 is 0 Å². The highest BCUT2D eigenvalue weighted by Crippen LogP contribution is 2.17. The molecule has 0 amide bonds. The third-order valence-electron chi connectivity index (χ3n) is 2.88. The molecule has 0 unspecified atom stereocenters. The zero-order chi connectivity index (χ0) is 14.3. The minimum Gasteiger partial charge on any atom is -0.497 e. The highest BCUT2D eigenvalue weighted by molar-refractivity contribution is 5.27. The molecule has 0 aliphatic heterocycles. The van der Waals surface area contributed by atoms with Crippen LogP contribution in [0.1, 0.15) is 33.3 Å². The largest absolute Gasteiger partial charge is 0.497 e. The molecule has 0 saturated carbocycles. The maximum absolute atomic E-state index is 5.82. The van der Waals surface area contributed by atoms with Gasteiger partial charge in [-0.15, -0.1) is 0 Å². The second kappa shape index (κ2) is 7.51. The van der Waals surface area contributed by atoms with E-state index in [0.717, 1.165) is 24.5 Å². The van der Waals surface area contributed by atoms with Gasteiger partial charge in [0.1, 0.15) is 5.75 Å². The Balaban J connectivity index is 2.36. The van der Waals surface area contributed by atoms with Crippen molar-refractivity contribution in [3.05, 3.63) is 29.8 Å². The molecule has 1 rings (SSSR count). The van der Waals surface area contributed by atoms with Crippen LogP contribution in [0.25, 0.3) is 0 Å². The van der Waals surface area contributed by atoms with E-state index < -0.39 is 0 Å². The zero-order valence-electron chi connectivity index (χ0n) is 12.8. The van der Waals surface area contributed by atoms with Crippen LogP contribution in [0.4, 0.5) is 0 Å². The third-order valence-corrected chi connectivity index (χ3v) is 2.88. The molecule has 0 heterocycles. The van der Waals surface area contributed by atoms with E-state index in [9.17, 15) is 0 Å². The zero-order valence-corrected chi connectivity index (χ0v) is 12.8. The van der Waals surface area contributed by atoms with E-state index in [1.54, 1.807) is 7.11 Å². The fraction of sp³-hybridized carbons (Fsp3) is 0.625. The van der Waals surface area contributed by atoms with Gasteiger partial charge in [-0.05, 0) is 17.7 Å².